The smallest absolute Gasteiger partial charge is 0.160 e. The Morgan fingerprint density at radius 2 is 2.07 bits per heavy atom. The van der Waals surface area contributed by atoms with Crippen LogP contribution in [0.15, 0.2) is 46.0 Å². The predicted octanol–water partition coefficient (Wildman–Crippen LogP) is 2.58. The fourth-order valence-corrected chi connectivity index (χ4v) is 4.29. The molecule has 2 aromatic rings. The minimum atomic E-state index is -1.17. The maximum absolute atomic E-state index is 10.7. The second-order valence-corrected chi connectivity index (χ2v) is 8.65. The summed E-state index contributed by atoms with van der Waals surface area (Å²) in [5.41, 5.74) is 7.65. The number of ether oxygens (including phenoxy) is 1. The minimum Gasteiger partial charge on any atom is -0.395 e. The van der Waals surface area contributed by atoms with Gasteiger partial charge < -0.3 is 26.0 Å². The Hall–Kier alpha value is -1.98. The SMILES string of the molecule is Cc1cc(C)cc(SC(OC(CN=O)C(C)O)C(O)N/C=C(\N)c2nccs2)c1. The lowest BCUT2D eigenvalue weighted by Crippen LogP contribution is -2.42. The molecule has 0 bridgehead atoms. The monoisotopic (exact) mass is 438 g/mol. The van der Waals surface area contributed by atoms with E-state index in [0.29, 0.717) is 10.7 Å². The number of aromatic nitrogens is 1. The fraction of sp³-hybridized carbons (Fsp3) is 0.421. The zero-order valence-electron chi connectivity index (χ0n) is 16.5. The first kappa shape index (κ1) is 23.3. The van der Waals surface area contributed by atoms with Crippen molar-refractivity contribution in [3.8, 4) is 0 Å². The summed E-state index contributed by atoms with van der Waals surface area (Å²) in [5, 5.41) is 28.6. The van der Waals surface area contributed by atoms with Crippen LogP contribution in [-0.4, -0.2) is 45.6 Å². The molecule has 0 amide bonds. The minimum absolute atomic E-state index is 0.231. The average molecular weight is 439 g/mol. The molecule has 4 atom stereocenters. The third kappa shape index (κ3) is 7.41. The number of thiazole rings is 1. The van der Waals surface area contributed by atoms with Crippen LogP contribution < -0.4 is 11.1 Å². The van der Waals surface area contributed by atoms with Crippen molar-refractivity contribution in [2.75, 3.05) is 6.54 Å². The van der Waals surface area contributed by atoms with E-state index >= 15 is 0 Å². The van der Waals surface area contributed by atoms with Crippen LogP contribution in [0, 0.1) is 18.8 Å². The second-order valence-electron chi connectivity index (χ2n) is 6.58. The number of hydrogen-bond donors (Lipinski definition) is 4. The molecule has 29 heavy (non-hydrogen) atoms. The quantitative estimate of drug-likeness (QED) is 0.239. The van der Waals surface area contributed by atoms with Gasteiger partial charge in [0.05, 0.1) is 11.8 Å². The number of benzene rings is 1. The maximum Gasteiger partial charge on any atom is 0.160 e. The Morgan fingerprint density at radius 1 is 1.38 bits per heavy atom. The largest absolute Gasteiger partial charge is 0.395 e. The van der Waals surface area contributed by atoms with Gasteiger partial charge in [0, 0.05) is 22.7 Å². The van der Waals surface area contributed by atoms with Gasteiger partial charge in [-0.05, 0) is 44.0 Å². The van der Waals surface area contributed by atoms with Crippen molar-refractivity contribution in [1.29, 1.82) is 0 Å². The van der Waals surface area contributed by atoms with Crippen molar-refractivity contribution in [2.24, 2.45) is 10.9 Å². The molecule has 0 aliphatic rings. The topological polar surface area (TPSA) is 130 Å². The van der Waals surface area contributed by atoms with Crippen molar-refractivity contribution >= 4 is 28.8 Å². The summed E-state index contributed by atoms with van der Waals surface area (Å²) in [6.07, 6.45) is 0.133. The van der Waals surface area contributed by atoms with E-state index in [1.165, 1.54) is 36.2 Å². The van der Waals surface area contributed by atoms with Crippen LogP contribution in [0.1, 0.15) is 23.1 Å². The lowest BCUT2D eigenvalue weighted by molar-refractivity contribution is -0.0757. The summed E-state index contributed by atoms with van der Waals surface area (Å²) in [6, 6.07) is 5.98. The number of nitrogens with zero attached hydrogens (tertiary/aromatic N) is 2. The third-order valence-electron chi connectivity index (χ3n) is 3.90. The molecule has 1 aromatic heterocycles. The van der Waals surface area contributed by atoms with Gasteiger partial charge >= 0.3 is 0 Å². The molecule has 2 rings (SSSR count). The Labute approximate surface area is 178 Å². The number of rotatable bonds is 11. The Morgan fingerprint density at radius 3 is 2.62 bits per heavy atom. The number of aryl methyl sites for hydroxylation is 2. The number of thioether (sulfide) groups is 1. The molecule has 5 N–H and O–H groups in total. The van der Waals surface area contributed by atoms with E-state index in [1.54, 1.807) is 11.6 Å². The molecule has 0 aliphatic heterocycles. The lowest BCUT2D eigenvalue weighted by Gasteiger charge is -2.28. The number of aliphatic hydroxyl groups is 2. The van der Waals surface area contributed by atoms with Crippen molar-refractivity contribution in [2.45, 2.75) is 49.5 Å². The molecular weight excluding hydrogens is 412 g/mol. The van der Waals surface area contributed by atoms with Crippen LogP contribution in [-0.2, 0) is 4.74 Å². The second kappa shape index (κ2) is 11.3. The van der Waals surface area contributed by atoms with Gasteiger partial charge in [0.15, 0.2) is 11.7 Å². The van der Waals surface area contributed by atoms with E-state index in [-0.39, 0.29) is 6.54 Å². The Bertz CT molecular complexity index is 794. The molecule has 0 fully saturated rings. The standard InChI is InChI=1S/C19H26N4O4S2/c1-11-6-12(2)8-14(7-11)29-19(27-16(10-23-26)13(3)24)17(25)22-9-15(20)18-21-4-5-28-18/h4-9,13,16-17,19,22,24-25H,10,20H2,1-3H3/b15-9-. The zero-order chi connectivity index (χ0) is 21.4. The van der Waals surface area contributed by atoms with Gasteiger partial charge in [-0.3, -0.25) is 0 Å². The van der Waals surface area contributed by atoms with Crippen molar-refractivity contribution in [1.82, 2.24) is 10.3 Å². The van der Waals surface area contributed by atoms with Crippen LogP contribution in [0.4, 0.5) is 0 Å². The first-order valence-electron chi connectivity index (χ1n) is 8.97. The number of nitroso groups, excluding NO2 is 1. The first-order chi connectivity index (χ1) is 13.8. The van der Waals surface area contributed by atoms with Gasteiger partial charge in [0.1, 0.15) is 17.7 Å². The van der Waals surface area contributed by atoms with E-state index in [4.69, 9.17) is 10.5 Å². The molecule has 10 heteroatoms. The molecule has 0 aliphatic carbocycles. The van der Waals surface area contributed by atoms with Crippen molar-refractivity contribution < 1.29 is 14.9 Å². The fourth-order valence-electron chi connectivity index (χ4n) is 2.54. The van der Waals surface area contributed by atoms with Crippen LogP contribution >= 0.6 is 23.1 Å². The van der Waals surface area contributed by atoms with Crippen molar-refractivity contribution in [3.05, 3.63) is 57.0 Å². The molecule has 1 heterocycles. The van der Waals surface area contributed by atoms with E-state index in [1.807, 2.05) is 32.0 Å². The van der Waals surface area contributed by atoms with Crippen LogP contribution in [0.5, 0.6) is 0 Å². The van der Waals surface area contributed by atoms with Crippen LogP contribution in [0.25, 0.3) is 5.70 Å². The number of aliphatic hydroxyl groups excluding tert-OH is 2. The Kier molecular flexibility index (Phi) is 9.05. The van der Waals surface area contributed by atoms with Gasteiger partial charge in [-0.2, -0.15) is 4.91 Å². The summed E-state index contributed by atoms with van der Waals surface area (Å²) in [7, 11) is 0. The van der Waals surface area contributed by atoms with Crippen LogP contribution in [0.3, 0.4) is 0 Å². The zero-order valence-corrected chi connectivity index (χ0v) is 18.1. The molecule has 0 radical (unpaired) electrons. The van der Waals surface area contributed by atoms with Gasteiger partial charge in [-0.15, -0.1) is 11.3 Å². The predicted molar refractivity (Wildman–Crippen MR) is 116 cm³/mol. The molecule has 0 saturated heterocycles. The summed E-state index contributed by atoms with van der Waals surface area (Å²) in [5.74, 6) is 0. The summed E-state index contributed by atoms with van der Waals surface area (Å²) in [6.45, 7) is 5.24. The Balaban J connectivity index is 2.19. The van der Waals surface area contributed by atoms with E-state index in [2.05, 4.69) is 15.5 Å². The highest BCUT2D eigenvalue weighted by Gasteiger charge is 2.27. The lowest BCUT2D eigenvalue weighted by atomic mass is 10.2. The molecule has 8 nitrogen and oxygen atoms in total. The molecule has 0 spiro atoms. The van der Waals surface area contributed by atoms with Gasteiger partial charge in [0.2, 0.25) is 0 Å². The van der Waals surface area contributed by atoms with Gasteiger partial charge in [0.25, 0.3) is 0 Å². The number of nitrogens with two attached hydrogens (primary N) is 1. The summed E-state index contributed by atoms with van der Waals surface area (Å²) >= 11 is 2.65. The summed E-state index contributed by atoms with van der Waals surface area (Å²) in [4.78, 5) is 15.7. The van der Waals surface area contributed by atoms with E-state index in [0.717, 1.165) is 16.0 Å². The normalized spacial score (nSPS) is 16.1. The maximum atomic E-state index is 10.7. The van der Waals surface area contributed by atoms with Gasteiger partial charge in [-0.1, -0.05) is 23.0 Å². The molecule has 0 saturated carbocycles. The van der Waals surface area contributed by atoms with Crippen molar-refractivity contribution in [3.63, 3.8) is 0 Å². The van der Waals surface area contributed by atoms with Crippen LogP contribution in [0.2, 0.25) is 0 Å². The summed E-state index contributed by atoms with van der Waals surface area (Å²) < 4.78 is 5.84. The number of nitrogens with one attached hydrogen (secondary N) is 1. The molecule has 1 aromatic carbocycles. The molecular formula is C19H26N4O4S2. The highest BCUT2D eigenvalue weighted by Crippen LogP contribution is 2.29. The van der Waals surface area contributed by atoms with E-state index in [9.17, 15) is 15.1 Å². The van der Waals surface area contributed by atoms with Gasteiger partial charge in [-0.25, -0.2) is 4.98 Å². The third-order valence-corrected chi connectivity index (χ3v) is 5.83. The molecule has 4 unspecified atom stereocenters. The highest BCUT2D eigenvalue weighted by molar-refractivity contribution is 7.99. The van der Waals surface area contributed by atoms with E-state index < -0.39 is 23.9 Å². The highest BCUT2D eigenvalue weighted by atomic mass is 32.2. The average Bonchev–Trinajstić information content (AvgIpc) is 3.18. The first-order valence-corrected chi connectivity index (χ1v) is 10.7. The number of hydrogen-bond acceptors (Lipinski definition) is 10. The molecule has 158 valence electrons.